The number of hydrogen-bond donors (Lipinski definition) is 4. The number of nitrogens with zero attached hydrogens (tertiary/aromatic N) is 2. The highest BCUT2D eigenvalue weighted by Crippen LogP contribution is 2.30. The topological polar surface area (TPSA) is 116 Å². The van der Waals surface area contributed by atoms with Gasteiger partial charge in [-0.3, -0.25) is 4.79 Å². The molecule has 2 aromatic carbocycles. The summed E-state index contributed by atoms with van der Waals surface area (Å²) in [6, 6.07) is 18.0. The van der Waals surface area contributed by atoms with E-state index >= 15 is 0 Å². The molecule has 1 aromatic heterocycles. The lowest BCUT2D eigenvalue weighted by atomic mass is 9.91. The van der Waals surface area contributed by atoms with Crippen molar-refractivity contribution in [2.75, 3.05) is 19.6 Å². The number of carboxylic acid groups (broad SMARTS) is 1. The van der Waals surface area contributed by atoms with E-state index in [1.807, 2.05) is 18.2 Å². The molecule has 4 N–H and O–H groups in total. The van der Waals surface area contributed by atoms with Crippen molar-refractivity contribution in [3.63, 3.8) is 0 Å². The van der Waals surface area contributed by atoms with Crippen LogP contribution in [0.2, 0.25) is 0 Å². The van der Waals surface area contributed by atoms with E-state index in [0.717, 1.165) is 55.9 Å². The number of amides is 2. The zero-order valence-corrected chi connectivity index (χ0v) is 25.4. The van der Waals surface area contributed by atoms with Crippen LogP contribution in [0.3, 0.4) is 0 Å². The lowest BCUT2D eigenvalue weighted by Gasteiger charge is -2.36. The van der Waals surface area contributed by atoms with E-state index in [2.05, 4.69) is 63.9 Å². The van der Waals surface area contributed by atoms with Gasteiger partial charge in [-0.25, -0.2) is 14.2 Å². The molecule has 2 atom stereocenters. The number of pyridine rings is 1. The summed E-state index contributed by atoms with van der Waals surface area (Å²) in [5.74, 6) is -0.602. The maximum atomic E-state index is 14.2. The fourth-order valence-corrected chi connectivity index (χ4v) is 6.38. The van der Waals surface area contributed by atoms with Crippen LogP contribution in [0.15, 0.2) is 60.8 Å². The number of benzene rings is 2. The molecule has 2 aliphatic rings. The first-order valence-corrected chi connectivity index (χ1v) is 15.5. The first-order valence-electron chi connectivity index (χ1n) is 15.5. The van der Waals surface area contributed by atoms with Gasteiger partial charge in [-0.05, 0) is 93.8 Å². The summed E-state index contributed by atoms with van der Waals surface area (Å²) in [6.45, 7) is 7.71. The number of rotatable bonds is 10. The zero-order chi connectivity index (χ0) is 31.1. The van der Waals surface area contributed by atoms with E-state index < -0.39 is 17.8 Å². The van der Waals surface area contributed by atoms with E-state index in [9.17, 15) is 14.0 Å². The van der Waals surface area contributed by atoms with Crippen LogP contribution in [0.25, 0.3) is 11.1 Å². The van der Waals surface area contributed by atoms with Gasteiger partial charge in [-0.1, -0.05) is 36.4 Å². The van der Waals surface area contributed by atoms with Crippen LogP contribution in [0.4, 0.5) is 9.18 Å². The van der Waals surface area contributed by atoms with Gasteiger partial charge in [0.25, 0.3) is 5.91 Å². The third-order valence-electron chi connectivity index (χ3n) is 8.33. The van der Waals surface area contributed by atoms with Crippen molar-refractivity contribution >= 4 is 12.0 Å². The standard InChI is InChI=1S/C34H42FN5O4/c1-22-20-40(21-23(2)37-22)15-5-7-24-6-3-8-25(16-24)26-9-4-10-30(17-26)44-33-31(18-27(35)19-36-33)32(41)38-28-11-13-29(14-12-28)39-34(42)43/h3-4,6,8-10,16-19,22-23,28-29,37,39H,5,7,11-15,20-21H2,1-2H3,(H,38,41)(H,42,43)/t22-,23+,28-,29-. The zero-order valence-electron chi connectivity index (χ0n) is 25.4. The maximum absolute atomic E-state index is 14.2. The van der Waals surface area contributed by atoms with Crippen LogP contribution < -0.4 is 20.7 Å². The Bertz CT molecular complexity index is 1430. The third kappa shape index (κ3) is 8.76. The first kappa shape index (κ1) is 31.4. The van der Waals surface area contributed by atoms with Gasteiger partial charge in [0.1, 0.15) is 17.1 Å². The van der Waals surface area contributed by atoms with E-state index in [-0.39, 0.29) is 23.5 Å². The first-order chi connectivity index (χ1) is 21.2. The Hall–Kier alpha value is -4.02. The maximum Gasteiger partial charge on any atom is 0.404 e. The van der Waals surface area contributed by atoms with Crippen LogP contribution in [0.1, 0.15) is 61.9 Å². The van der Waals surface area contributed by atoms with Crippen molar-refractivity contribution in [3.8, 4) is 22.8 Å². The highest BCUT2D eigenvalue weighted by molar-refractivity contribution is 5.96. The minimum absolute atomic E-state index is 0.0106. The van der Waals surface area contributed by atoms with E-state index in [0.29, 0.717) is 43.5 Å². The van der Waals surface area contributed by atoms with Crippen molar-refractivity contribution in [1.29, 1.82) is 0 Å². The van der Waals surface area contributed by atoms with Crippen LogP contribution in [-0.2, 0) is 6.42 Å². The predicted octanol–water partition coefficient (Wildman–Crippen LogP) is 5.60. The number of halogens is 1. The van der Waals surface area contributed by atoms with Gasteiger partial charge < -0.3 is 30.7 Å². The van der Waals surface area contributed by atoms with Gasteiger partial charge in [0.05, 0.1) is 6.20 Å². The second-order valence-corrected chi connectivity index (χ2v) is 12.1. The number of hydrogen-bond acceptors (Lipinski definition) is 6. The molecule has 44 heavy (non-hydrogen) atoms. The summed E-state index contributed by atoms with van der Waals surface area (Å²) in [4.78, 5) is 30.7. The summed E-state index contributed by atoms with van der Waals surface area (Å²) >= 11 is 0. The summed E-state index contributed by atoms with van der Waals surface area (Å²) in [5.41, 5.74) is 3.32. The minimum Gasteiger partial charge on any atom is -0.465 e. The fraction of sp³-hybridized carbons (Fsp3) is 0.441. The van der Waals surface area contributed by atoms with Gasteiger partial charge in [-0.15, -0.1) is 0 Å². The Kier molecular flexibility index (Phi) is 10.4. The highest BCUT2D eigenvalue weighted by Gasteiger charge is 2.26. The molecule has 234 valence electrons. The molecule has 0 unspecified atom stereocenters. The van der Waals surface area contributed by atoms with Crippen LogP contribution in [-0.4, -0.2) is 70.8 Å². The number of carbonyl (C=O) groups excluding carboxylic acids is 1. The lowest BCUT2D eigenvalue weighted by Crippen LogP contribution is -2.54. The number of aromatic nitrogens is 1. The molecule has 10 heteroatoms. The molecule has 0 bridgehead atoms. The lowest BCUT2D eigenvalue weighted by molar-refractivity contribution is 0.0919. The van der Waals surface area contributed by atoms with Crippen LogP contribution in [0, 0.1) is 5.82 Å². The summed E-state index contributed by atoms with van der Waals surface area (Å²) in [5, 5.41) is 18.0. The Morgan fingerprint density at radius 3 is 2.34 bits per heavy atom. The van der Waals surface area contributed by atoms with Crippen molar-refractivity contribution in [2.45, 2.75) is 76.5 Å². The Balaban J connectivity index is 1.21. The molecule has 9 nitrogen and oxygen atoms in total. The van der Waals surface area contributed by atoms with Gasteiger partial charge in [-0.2, -0.15) is 0 Å². The van der Waals surface area contributed by atoms with Crippen molar-refractivity contribution < 1.29 is 23.8 Å². The van der Waals surface area contributed by atoms with E-state index in [1.165, 1.54) is 5.56 Å². The quantitative estimate of drug-likeness (QED) is 0.238. The predicted molar refractivity (Wildman–Crippen MR) is 168 cm³/mol. The second-order valence-electron chi connectivity index (χ2n) is 12.1. The molecule has 5 rings (SSSR count). The molecular formula is C34H42FN5O4. The average molecular weight is 604 g/mol. The van der Waals surface area contributed by atoms with Crippen LogP contribution >= 0.6 is 0 Å². The van der Waals surface area contributed by atoms with E-state index in [1.54, 1.807) is 6.07 Å². The SMILES string of the molecule is C[C@@H]1CN(CCCc2cccc(-c3cccc(Oc4ncc(F)cc4C(=O)N[C@H]4CC[C@H](NC(=O)O)CC4)c3)c2)C[C@H](C)N1. The second kappa shape index (κ2) is 14.6. The summed E-state index contributed by atoms with van der Waals surface area (Å²) in [7, 11) is 0. The minimum atomic E-state index is -1.05. The molecule has 1 aliphatic carbocycles. The Morgan fingerprint density at radius 2 is 1.64 bits per heavy atom. The molecule has 1 saturated heterocycles. The number of aryl methyl sites for hydroxylation is 1. The van der Waals surface area contributed by atoms with Crippen LogP contribution in [0.5, 0.6) is 11.6 Å². The molecule has 0 spiro atoms. The number of nitrogens with one attached hydrogen (secondary N) is 3. The average Bonchev–Trinajstić information content (AvgIpc) is 2.99. The molecular weight excluding hydrogens is 561 g/mol. The van der Waals surface area contributed by atoms with Gasteiger partial charge in [0, 0.05) is 37.3 Å². The number of ether oxygens (including phenoxy) is 1. The molecule has 0 radical (unpaired) electrons. The largest absolute Gasteiger partial charge is 0.465 e. The molecule has 1 aliphatic heterocycles. The van der Waals surface area contributed by atoms with Crippen molar-refractivity contribution in [1.82, 2.24) is 25.8 Å². The van der Waals surface area contributed by atoms with E-state index in [4.69, 9.17) is 9.84 Å². The molecule has 2 heterocycles. The van der Waals surface area contributed by atoms with Gasteiger partial charge >= 0.3 is 6.09 Å². The Morgan fingerprint density at radius 1 is 0.977 bits per heavy atom. The van der Waals surface area contributed by atoms with Gasteiger partial charge in [0.2, 0.25) is 5.88 Å². The van der Waals surface area contributed by atoms with Crippen molar-refractivity contribution in [3.05, 3.63) is 77.7 Å². The molecule has 2 fully saturated rings. The number of carbonyl (C=O) groups is 2. The Labute approximate surface area is 258 Å². The smallest absolute Gasteiger partial charge is 0.404 e. The van der Waals surface area contributed by atoms with Crippen molar-refractivity contribution in [2.24, 2.45) is 0 Å². The summed E-state index contributed by atoms with van der Waals surface area (Å²) in [6.07, 6.45) is 4.53. The highest BCUT2D eigenvalue weighted by atomic mass is 19.1. The summed E-state index contributed by atoms with van der Waals surface area (Å²) < 4.78 is 20.2. The molecule has 2 amide bonds. The fourth-order valence-electron chi connectivity index (χ4n) is 6.38. The molecule has 3 aromatic rings. The van der Waals surface area contributed by atoms with Gasteiger partial charge in [0.15, 0.2) is 0 Å². The molecule has 1 saturated carbocycles. The normalized spacial score (nSPS) is 22.2. The number of piperazine rings is 1. The monoisotopic (exact) mass is 603 g/mol. The third-order valence-corrected chi connectivity index (χ3v) is 8.33.